The molecule has 0 saturated heterocycles. The maximum absolute atomic E-state index is 10.3. The van der Waals surface area contributed by atoms with Crippen LogP contribution in [0.5, 0.6) is 0 Å². The van der Waals surface area contributed by atoms with Gasteiger partial charge < -0.3 is 34.8 Å². The van der Waals surface area contributed by atoms with Gasteiger partial charge in [0.05, 0.1) is 0 Å². The Kier molecular flexibility index (Phi) is 88.8. The molecule has 0 aliphatic rings. The van der Waals surface area contributed by atoms with Gasteiger partial charge in [0.25, 0.3) is 0 Å². The number of carboxylic acid groups (broad SMARTS) is 4. The number of unbranched alkanes of at least 4 members (excludes halogenated alkanes) is 32. The second kappa shape index (κ2) is 83.1. The van der Waals surface area contributed by atoms with Crippen LogP contribution < -0.4 is 15.3 Å². The van der Waals surface area contributed by atoms with E-state index in [-0.39, 0.29) is 45.5 Å². The number of carbonyl (C=O) groups excluding carboxylic acids is 3. The summed E-state index contributed by atoms with van der Waals surface area (Å²) in [6.45, 7) is 8.93. The molecular weight excluding hydrogens is 1200 g/mol. The van der Waals surface area contributed by atoms with Gasteiger partial charge in [0.2, 0.25) is 0 Å². The molecule has 0 aliphatic heterocycles. The summed E-state index contributed by atoms with van der Waals surface area (Å²) in [4.78, 5) is 40.9. The Hall–Kier alpha value is -3.32. The maximum Gasteiger partial charge on any atom is 3.00 e. The van der Waals surface area contributed by atoms with E-state index in [0.717, 1.165) is 122 Å². The fourth-order valence-corrected chi connectivity index (χ4v) is 8.33. The van der Waals surface area contributed by atoms with Crippen molar-refractivity contribution in [1.82, 2.24) is 0 Å². The summed E-state index contributed by atoms with van der Waals surface area (Å²) in [5, 5.41) is 39.1. The SMILES string of the molecule is CCCCC/C=C\C/C=C\CCCCCCCC(=O)O.CCCCC/C=C\C/C=C\CCCCCCCC(=O)[O-].CCCCC/C=C\C/C=C\CCCCCCCC(=O)[O-].CCCCC/C=C\C/C=C\CCCCCCCC(=O)[O-].[Bi+3]. The van der Waals surface area contributed by atoms with Crippen LogP contribution in [0, 0.1) is 0 Å². The van der Waals surface area contributed by atoms with Gasteiger partial charge in [0, 0.05) is 24.3 Å². The van der Waals surface area contributed by atoms with E-state index in [2.05, 4.69) is 125 Å². The number of allylic oxidation sites excluding steroid dienone is 16. The van der Waals surface area contributed by atoms with E-state index in [9.17, 15) is 34.5 Å². The summed E-state index contributed by atoms with van der Waals surface area (Å²) in [6, 6.07) is 0. The van der Waals surface area contributed by atoms with Crippen molar-refractivity contribution in [1.29, 1.82) is 0 Å². The maximum atomic E-state index is 10.3. The van der Waals surface area contributed by atoms with Crippen LogP contribution in [0.1, 0.15) is 336 Å². The average molecular weight is 1330 g/mol. The summed E-state index contributed by atoms with van der Waals surface area (Å²) < 4.78 is 0. The van der Waals surface area contributed by atoms with Gasteiger partial charge in [-0.1, -0.05) is 253 Å². The number of hydrogen-bond acceptors (Lipinski definition) is 7. The summed E-state index contributed by atoms with van der Waals surface area (Å²) >= 11 is 0. The standard InChI is InChI=1S/4C18H32O2.Bi/c4*1-2-3-4-5-6-7-8-9-10-11-12-13-14-15-16-17-18(19)20;/h4*6-7,9-10H,2-5,8,11-17H2,1H3,(H,19,20);/q;;;;+3/p-3/b4*7-6-,10-9-;. The Morgan fingerprint density at radius 3 is 0.580 bits per heavy atom. The number of rotatable bonds is 56. The van der Waals surface area contributed by atoms with Gasteiger partial charge in [0.1, 0.15) is 0 Å². The Labute approximate surface area is 519 Å². The molecule has 0 fully saturated rings. The molecule has 8 nitrogen and oxygen atoms in total. The third kappa shape index (κ3) is 102. The van der Waals surface area contributed by atoms with Crippen molar-refractivity contribution in [3.63, 3.8) is 0 Å². The van der Waals surface area contributed by atoms with Crippen LogP contribution in [0.15, 0.2) is 97.2 Å². The third-order valence-electron chi connectivity index (χ3n) is 13.3. The van der Waals surface area contributed by atoms with Crippen LogP contribution in [0.25, 0.3) is 0 Å². The van der Waals surface area contributed by atoms with Gasteiger partial charge in [-0.2, -0.15) is 0 Å². The van der Waals surface area contributed by atoms with Gasteiger partial charge in [0.15, 0.2) is 0 Å². The molecule has 0 aromatic heterocycles. The van der Waals surface area contributed by atoms with E-state index >= 15 is 0 Å². The van der Waals surface area contributed by atoms with Gasteiger partial charge >= 0.3 is 32.2 Å². The summed E-state index contributed by atoms with van der Waals surface area (Å²) in [5.41, 5.74) is 0. The molecule has 2 radical (unpaired) electrons. The van der Waals surface area contributed by atoms with Crippen molar-refractivity contribution in [3.05, 3.63) is 97.2 Å². The number of carboxylic acids is 4. The smallest absolute Gasteiger partial charge is 0.550 e. The van der Waals surface area contributed by atoms with Gasteiger partial charge in [-0.25, -0.2) is 0 Å². The van der Waals surface area contributed by atoms with Crippen LogP contribution >= 0.6 is 0 Å². The van der Waals surface area contributed by atoms with Crippen LogP contribution in [0.4, 0.5) is 0 Å². The monoisotopic (exact) mass is 1330 g/mol. The molecule has 0 heterocycles. The Bertz CT molecular complexity index is 1300. The Balaban J connectivity index is -0.000000316. The molecule has 0 aliphatic carbocycles. The Morgan fingerprint density at radius 2 is 0.407 bits per heavy atom. The normalized spacial score (nSPS) is 11.5. The van der Waals surface area contributed by atoms with Crippen molar-refractivity contribution in [2.24, 2.45) is 0 Å². The van der Waals surface area contributed by atoms with Crippen molar-refractivity contribution in [2.45, 2.75) is 336 Å². The van der Waals surface area contributed by atoms with Crippen LogP contribution in [-0.2, 0) is 19.2 Å². The molecule has 0 rings (SSSR count). The van der Waals surface area contributed by atoms with Crippen LogP contribution in [0.3, 0.4) is 0 Å². The first-order valence-corrected chi connectivity index (χ1v) is 33.1. The average Bonchev–Trinajstić information content (AvgIpc) is 3.43. The quantitative estimate of drug-likeness (QED) is 0.0358. The number of hydrogen-bond donors (Lipinski definition) is 1. The van der Waals surface area contributed by atoms with E-state index in [1.807, 2.05) is 0 Å². The van der Waals surface area contributed by atoms with E-state index in [1.54, 1.807) is 0 Å². The minimum Gasteiger partial charge on any atom is -0.550 e. The predicted molar refractivity (Wildman–Crippen MR) is 346 cm³/mol. The number of aliphatic carboxylic acids is 4. The molecule has 0 atom stereocenters. The molecule has 0 aromatic rings. The van der Waals surface area contributed by atoms with Crippen LogP contribution in [-0.4, -0.2) is 55.2 Å². The summed E-state index contributed by atoms with van der Waals surface area (Å²) in [5.74, 6) is -3.43. The van der Waals surface area contributed by atoms with E-state index in [4.69, 9.17) is 5.11 Å². The molecule has 9 heteroatoms. The van der Waals surface area contributed by atoms with E-state index in [0.29, 0.717) is 6.42 Å². The first-order valence-electron chi connectivity index (χ1n) is 33.1. The Morgan fingerprint density at radius 1 is 0.247 bits per heavy atom. The second-order valence-electron chi connectivity index (χ2n) is 21.4. The summed E-state index contributed by atoms with van der Waals surface area (Å²) in [7, 11) is 0. The minimum atomic E-state index is -0.921. The van der Waals surface area contributed by atoms with E-state index in [1.165, 1.54) is 161 Å². The van der Waals surface area contributed by atoms with Crippen molar-refractivity contribution in [3.8, 4) is 0 Å². The van der Waals surface area contributed by atoms with Gasteiger partial charge in [-0.15, -0.1) is 0 Å². The minimum absolute atomic E-state index is 0. The molecule has 466 valence electrons. The first kappa shape index (κ1) is 86.5. The van der Waals surface area contributed by atoms with Crippen LogP contribution in [0.2, 0.25) is 0 Å². The molecule has 0 saturated carbocycles. The second-order valence-corrected chi connectivity index (χ2v) is 21.4. The fraction of sp³-hybridized carbons (Fsp3) is 0.722. The molecular formula is C72H125BiO8. The van der Waals surface area contributed by atoms with Gasteiger partial charge in [-0.3, -0.25) is 4.79 Å². The van der Waals surface area contributed by atoms with Crippen molar-refractivity contribution < 1.29 is 39.6 Å². The molecule has 81 heavy (non-hydrogen) atoms. The molecule has 0 aromatic carbocycles. The predicted octanol–water partition coefficient (Wildman–Crippen LogP) is 19.2. The molecule has 0 amide bonds. The largest absolute Gasteiger partial charge is 3.00 e. The number of carbonyl (C=O) groups is 4. The summed E-state index contributed by atoms with van der Waals surface area (Å²) in [6.07, 6.45) is 88.1. The topological polar surface area (TPSA) is 158 Å². The third-order valence-corrected chi connectivity index (χ3v) is 13.3. The zero-order chi connectivity index (χ0) is 59.6. The van der Waals surface area contributed by atoms with E-state index < -0.39 is 23.9 Å². The van der Waals surface area contributed by atoms with Crippen molar-refractivity contribution in [2.75, 3.05) is 0 Å². The van der Waals surface area contributed by atoms with Crippen molar-refractivity contribution >= 4 is 50.1 Å². The zero-order valence-electron chi connectivity index (χ0n) is 52.9. The molecule has 0 spiro atoms. The molecule has 0 bridgehead atoms. The molecule has 1 N–H and O–H groups in total. The zero-order valence-corrected chi connectivity index (χ0v) is 56.4. The van der Waals surface area contributed by atoms with Gasteiger partial charge in [-0.05, 0) is 173 Å². The fourth-order valence-electron chi connectivity index (χ4n) is 8.33. The first-order chi connectivity index (χ1) is 39.1. The molecule has 0 unspecified atom stereocenters.